The van der Waals surface area contributed by atoms with Crippen molar-refractivity contribution in [2.24, 2.45) is 5.92 Å². The van der Waals surface area contributed by atoms with Crippen molar-refractivity contribution < 1.29 is 9.84 Å². The van der Waals surface area contributed by atoms with Crippen molar-refractivity contribution in [3.05, 3.63) is 29.3 Å². The Hall–Kier alpha value is -1.50. The average Bonchev–Trinajstić information content (AvgIpc) is 2.44. The van der Waals surface area contributed by atoms with Crippen LogP contribution in [0.5, 0.6) is 5.75 Å². The van der Waals surface area contributed by atoms with Crippen molar-refractivity contribution in [1.82, 2.24) is 4.90 Å². The molecule has 1 rings (SSSR count). The summed E-state index contributed by atoms with van der Waals surface area (Å²) in [6.45, 7) is 6.32. The van der Waals surface area contributed by atoms with Crippen molar-refractivity contribution in [1.29, 1.82) is 0 Å². The van der Waals surface area contributed by atoms with Crippen LogP contribution in [0.2, 0.25) is 0 Å². The summed E-state index contributed by atoms with van der Waals surface area (Å²) in [5.74, 6) is 7.06. The predicted octanol–water partition coefficient (Wildman–Crippen LogP) is 2.52. The van der Waals surface area contributed by atoms with E-state index in [0.717, 1.165) is 24.4 Å². The number of methoxy groups -OCH3 is 1. The van der Waals surface area contributed by atoms with E-state index in [1.165, 1.54) is 12.0 Å². The van der Waals surface area contributed by atoms with Gasteiger partial charge >= 0.3 is 0 Å². The molecular weight excluding hydrogens is 250 g/mol. The molecule has 0 saturated heterocycles. The fraction of sp³-hybridized carbons (Fsp3) is 0.529. The third-order valence-electron chi connectivity index (χ3n) is 3.34. The topological polar surface area (TPSA) is 32.7 Å². The Morgan fingerprint density at radius 3 is 2.75 bits per heavy atom. The molecule has 20 heavy (non-hydrogen) atoms. The SMILES string of the molecule is CCC(C)CN(C)Cc1ccc(OC)c(C#CCO)c1. The predicted molar refractivity (Wildman–Crippen MR) is 82.7 cm³/mol. The fourth-order valence-corrected chi connectivity index (χ4v) is 2.12. The number of rotatable bonds is 6. The van der Waals surface area contributed by atoms with Crippen LogP contribution in [-0.2, 0) is 6.54 Å². The second kappa shape index (κ2) is 8.63. The first-order valence-corrected chi connectivity index (χ1v) is 7.05. The summed E-state index contributed by atoms with van der Waals surface area (Å²) in [6, 6.07) is 6.04. The standard InChI is InChI=1S/C17H25NO2/c1-5-14(2)12-18(3)13-15-8-9-17(20-4)16(11-15)7-6-10-19/h8-9,11,14,19H,5,10,12-13H2,1-4H3. The van der Waals surface area contributed by atoms with Gasteiger partial charge in [-0.2, -0.15) is 0 Å². The monoisotopic (exact) mass is 275 g/mol. The Morgan fingerprint density at radius 1 is 1.40 bits per heavy atom. The van der Waals surface area contributed by atoms with Gasteiger partial charge in [0.2, 0.25) is 0 Å². The molecule has 0 radical (unpaired) electrons. The van der Waals surface area contributed by atoms with Crippen molar-refractivity contribution in [3.8, 4) is 17.6 Å². The van der Waals surface area contributed by atoms with E-state index in [0.29, 0.717) is 5.92 Å². The maximum absolute atomic E-state index is 8.81. The van der Waals surface area contributed by atoms with Gasteiger partial charge in [0.15, 0.2) is 0 Å². The zero-order valence-electron chi connectivity index (χ0n) is 12.9. The highest BCUT2D eigenvalue weighted by Crippen LogP contribution is 2.20. The first-order chi connectivity index (χ1) is 9.60. The van der Waals surface area contributed by atoms with Gasteiger partial charge < -0.3 is 14.7 Å². The largest absolute Gasteiger partial charge is 0.495 e. The molecule has 1 unspecified atom stereocenters. The van der Waals surface area contributed by atoms with E-state index in [1.54, 1.807) is 7.11 Å². The number of hydrogen-bond donors (Lipinski definition) is 1. The van der Waals surface area contributed by atoms with Crippen LogP contribution in [0.15, 0.2) is 18.2 Å². The molecule has 0 aromatic heterocycles. The normalized spacial score (nSPS) is 11.9. The number of aliphatic hydroxyl groups excluding tert-OH is 1. The first-order valence-electron chi connectivity index (χ1n) is 7.05. The van der Waals surface area contributed by atoms with Crippen molar-refractivity contribution in [3.63, 3.8) is 0 Å². The van der Waals surface area contributed by atoms with Gasteiger partial charge in [-0.25, -0.2) is 0 Å². The second-order valence-corrected chi connectivity index (χ2v) is 5.20. The van der Waals surface area contributed by atoms with Crippen LogP contribution in [-0.4, -0.2) is 37.3 Å². The van der Waals surface area contributed by atoms with E-state index in [4.69, 9.17) is 9.84 Å². The molecule has 0 amide bonds. The lowest BCUT2D eigenvalue weighted by Gasteiger charge is -2.20. The summed E-state index contributed by atoms with van der Waals surface area (Å²) in [5.41, 5.74) is 2.04. The highest BCUT2D eigenvalue weighted by atomic mass is 16.5. The average molecular weight is 275 g/mol. The molecule has 0 bridgehead atoms. The van der Waals surface area contributed by atoms with Gasteiger partial charge in [0, 0.05) is 13.1 Å². The lowest BCUT2D eigenvalue weighted by Crippen LogP contribution is -2.23. The minimum Gasteiger partial charge on any atom is -0.495 e. The maximum Gasteiger partial charge on any atom is 0.134 e. The van der Waals surface area contributed by atoms with E-state index in [2.05, 4.69) is 43.7 Å². The van der Waals surface area contributed by atoms with E-state index >= 15 is 0 Å². The van der Waals surface area contributed by atoms with E-state index in [-0.39, 0.29) is 6.61 Å². The molecule has 0 heterocycles. The third-order valence-corrected chi connectivity index (χ3v) is 3.34. The summed E-state index contributed by atoms with van der Waals surface area (Å²) in [5, 5.41) is 8.81. The molecule has 3 nitrogen and oxygen atoms in total. The quantitative estimate of drug-likeness (QED) is 0.810. The lowest BCUT2D eigenvalue weighted by atomic mass is 10.1. The van der Waals surface area contributed by atoms with Gasteiger partial charge in [0.1, 0.15) is 12.4 Å². The molecule has 1 aromatic carbocycles. The minimum absolute atomic E-state index is 0.138. The molecule has 0 aliphatic rings. The van der Waals surface area contributed by atoms with Crippen molar-refractivity contribution >= 4 is 0 Å². The second-order valence-electron chi connectivity index (χ2n) is 5.20. The van der Waals surface area contributed by atoms with Crippen LogP contribution in [0.25, 0.3) is 0 Å². The Bertz CT molecular complexity index is 474. The molecule has 110 valence electrons. The Labute approximate surface area is 122 Å². The molecule has 0 spiro atoms. The van der Waals surface area contributed by atoms with E-state index in [1.807, 2.05) is 12.1 Å². The van der Waals surface area contributed by atoms with Gasteiger partial charge in [-0.1, -0.05) is 38.2 Å². The molecule has 1 N–H and O–H groups in total. The number of nitrogens with zero attached hydrogens (tertiary/aromatic N) is 1. The molecule has 1 aromatic rings. The Balaban J connectivity index is 2.81. The van der Waals surface area contributed by atoms with Crippen molar-refractivity contribution in [2.45, 2.75) is 26.8 Å². The van der Waals surface area contributed by atoms with Crippen LogP contribution in [0.4, 0.5) is 0 Å². The van der Waals surface area contributed by atoms with Gasteiger partial charge in [-0.05, 0) is 30.7 Å². The fourth-order valence-electron chi connectivity index (χ4n) is 2.12. The van der Waals surface area contributed by atoms with E-state index in [9.17, 15) is 0 Å². The number of aliphatic hydroxyl groups is 1. The molecule has 3 heteroatoms. The van der Waals surface area contributed by atoms with Crippen LogP contribution < -0.4 is 4.74 Å². The van der Waals surface area contributed by atoms with Gasteiger partial charge in [0.25, 0.3) is 0 Å². The summed E-state index contributed by atoms with van der Waals surface area (Å²) in [6.07, 6.45) is 1.19. The maximum atomic E-state index is 8.81. The smallest absolute Gasteiger partial charge is 0.134 e. The van der Waals surface area contributed by atoms with Crippen LogP contribution in [0.1, 0.15) is 31.4 Å². The zero-order chi connectivity index (χ0) is 15.0. The zero-order valence-corrected chi connectivity index (χ0v) is 12.9. The number of ether oxygens (including phenoxy) is 1. The summed E-state index contributed by atoms with van der Waals surface area (Å²) in [4.78, 5) is 2.32. The molecule has 0 saturated carbocycles. The Kier molecular flexibility index (Phi) is 7.14. The highest BCUT2D eigenvalue weighted by Gasteiger charge is 2.07. The molecule has 1 atom stereocenters. The van der Waals surface area contributed by atoms with Gasteiger partial charge in [-0.15, -0.1) is 0 Å². The minimum atomic E-state index is -0.138. The molecule has 0 fully saturated rings. The van der Waals surface area contributed by atoms with Gasteiger partial charge in [-0.3, -0.25) is 0 Å². The first kappa shape index (κ1) is 16.6. The third kappa shape index (κ3) is 5.24. The highest BCUT2D eigenvalue weighted by molar-refractivity contribution is 5.48. The molecule has 0 aliphatic carbocycles. The van der Waals surface area contributed by atoms with E-state index < -0.39 is 0 Å². The lowest BCUT2D eigenvalue weighted by molar-refractivity contribution is 0.275. The summed E-state index contributed by atoms with van der Waals surface area (Å²) >= 11 is 0. The van der Waals surface area contributed by atoms with Gasteiger partial charge in [0.05, 0.1) is 12.7 Å². The molecule has 0 aliphatic heterocycles. The molecular formula is C17H25NO2. The summed E-state index contributed by atoms with van der Waals surface area (Å²) in [7, 11) is 3.77. The number of benzene rings is 1. The summed E-state index contributed by atoms with van der Waals surface area (Å²) < 4.78 is 5.29. The Morgan fingerprint density at radius 2 is 2.15 bits per heavy atom. The van der Waals surface area contributed by atoms with Crippen LogP contribution in [0, 0.1) is 17.8 Å². The number of hydrogen-bond acceptors (Lipinski definition) is 3. The van der Waals surface area contributed by atoms with Crippen molar-refractivity contribution in [2.75, 3.05) is 27.3 Å². The van der Waals surface area contributed by atoms with Crippen LogP contribution >= 0.6 is 0 Å². The van der Waals surface area contributed by atoms with Crippen LogP contribution in [0.3, 0.4) is 0 Å².